The Hall–Kier alpha value is -2.55. The van der Waals surface area contributed by atoms with E-state index in [0.29, 0.717) is 16.9 Å². The highest BCUT2D eigenvalue weighted by atomic mass is 127. The molecule has 11 heteroatoms. The van der Waals surface area contributed by atoms with Crippen LogP contribution in [0.1, 0.15) is 11.1 Å². The predicted molar refractivity (Wildman–Crippen MR) is 119 cm³/mol. The van der Waals surface area contributed by atoms with E-state index in [2.05, 4.69) is 45.2 Å². The van der Waals surface area contributed by atoms with Crippen LogP contribution in [0.2, 0.25) is 0 Å². The number of amides is 4. The smallest absolute Gasteiger partial charge is 0.328 e. The topological polar surface area (TPSA) is 128 Å². The minimum absolute atomic E-state index is 0.0139. The van der Waals surface area contributed by atoms with Crippen LogP contribution in [0.3, 0.4) is 0 Å². The first-order valence-corrected chi connectivity index (χ1v) is 10.1. The van der Waals surface area contributed by atoms with Gasteiger partial charge < -0.3 is 4.74 Å². The van der Waals surface area contributed by atoms with Crippen molar-refractivity contribution >= 4 is 74.8 Å². The Morgan fingerprint density at radius 3 is 2.24 bits per heavy atom. The summed E-state index contributed by atoms with van der Waals surface area (Å²) >= 11 is 4.11. The second-order valence-corrected chi connectivity index (χ2v) is 8.15. The zero-order valence-corrected chi connectivity index (χ0v) is 18.7. The molecule has 0 atom stereocenters. The predicted octanol–water partition coefficient (Wildman–Crippen LogP) is 3.13. The number of hydrogen-bond acceptors (Lipinski definition) is 6. The molecule has 1 heterocycles. The van der Waals surface area contributed by atoms with Crippen LogP contribution in [-0.2, 0) is 16.2 Å². The quantitative estimate of drug-likeness (QED) is 0.174. The lowest BCUT2D eigenvalue weighted by atomic mass is 10.1. The third kappa shape index (κ3) is 5.09. The van der Waals surface area contributed by atoms with Gasteiger partial charge in [-0.3, -0.25) is 30.3 Å². The monoisotopic (exact) mass is 619 g/mol. The number of carbonyl (C=O) groups excluding carboxylic acids is 3. The zero-order valence-electron chi connectivity index (χ0n) is 14.4. The molecular formula is C18H11I2N3O6. The first-order valence-electron chi connectivity index (χ1n) is 7.98. The number of benzene rings is 2. The summed E-state index contributed by atoms with van der Waals surface area (Å²) in [6, 6.07) is 8.75. The molecular weight excluding hydrogens is 608 g/mol. The molecule has 0 aliphatic carbocycles. The number of ether oxygens (including phenoxy) is 1. The first kappa shape index (κ1) is 21.2. The molecule has 1 fully saturated rings. The molecule has 2 N–H and O–H groups in total. The Morgan fingerprint density at radius 1 is 1.03 bits per heavy atom. The van der Waals surface area contributed by atoms with Crippen LogP contribution < -0.4 is 15.4 Å². The van der Waals surface area contributed by atoms with Gasteiger partial charge in [-0.2, -0.15) is 0 Å². The van der Waals surface area contributed by atoms with E-state index in [4.69, 9.17) is 4.74 Å². The summed E-state index contributed by atoms with van der Waals surface area (Å²) in [5.74, 6) is -0.961. The molecule has 3 rings (SSSR count). The highest BCUT2D eigenvalue weighted by Crippen LogP contribution is 2.31. The van der Waals surface area contributed by atoms with Crippen molar-refractivity contribution in [2.75, 3.05) is 0 Å². The van der Waals surface area contributed by atoms with E-state index < -0.39 is 22.8 Å². The van der Waals surface area contributed by atoms with Gasteiger partial charge in [0.2, 0.25) is 0 Å². The van der Waals surface area contributed by atoms with Crippen molar-refractivity contribution < 1.29 is 24.0 Å². The lowest BCUT2D eigenvalue weighted by molar-refractivity contribution is -0.384. The number of nitrogens with zero attached hydrogens (tertiary/aromatic N) is 1. The average molecular weight is 619 g/mol. The lowest BCUT2D eigenvalue weighted by Crippen LogP contribution is -2.51. The maximum atomic E-state index is 11.9. The number of carbonyl (C=O) groups is 3. The number of barbiturate groups is 1. The third-order valence-electron chi connectivity index (χ3n) is 3.78. The van der Waals surface area contributed by atoms with Crippen molar-refractivity contribution in [2.24, 2.45) is 0 Å². The maximum absolute atomic E-state index is 11.9. The van der Waals surface area contributed by atoms with E-state index in [9.17, 15) is 24.5 Å². The van der Waals surface area contributed by atoms with Gasteiger partial charge in [-0.15, -0.1) is 0 Å². The van der Waals surface area contributed by atoms with Crippen molar-refractivity contribution in [2.45, 2.75) is 6.61 Å². The van der Waals surface area contributed by atoms with Gasteiger partial charge in [-0.05, 0) is 74.5 Å². The summed E-state index contributed by atoms with van der Waals surface area (Å²) in [4.78, 5) is 45.3. The Balaban J connectivity index is 1.81. The van der Waals surface area contributed by atoms with Gasteiger partial charge in [-0.1, -0.05) is 12.1 Å². The Morgan fingerprint density at radius 2 is 1.66 bits per heavy atom. The number of imide groups is 2. The van der Waals surface area contributed by atoms with Gasteiger partial charge in [-0.25, -0.2) is 4.79 Å². The molecule has 1 aliphatic rings. The third-order valence-corrected chi connectivity index (χ3v) is 5.38. The van der Waals surface area contributed by atoms with Crippen molar-refractivity contribution in [3.8, 4) is 5.75 Å². The SMILES string of the molecule is O=C1NC(=O)C(=Cc2cc(I)c(OCc3cccc([N+](=O)[O-])c3)c(I)c2)C(=O)N1. The van der Waals surface area contributed by atoms with E-state index in [-0.39, 0.29) is 17.9 Å². The summed E-state index contributed by atoms with van der Waals surface area (Å²) in [6.07, 6.45) is 1.38. The van der Waals surface area contributed by atoms with Gasteiger partial charge in [0.25, 0.3) is 17.5 Å². The summed E-state index contributed by atoms with van der Waals surface area (Å²) in [6.45, 7) is 0.140. The molecule has 0 radical (unpaired) electrons. The van der Waals surface area contributed by atoms with Gasteiger partial charge >= 0.3 is 6.03 Å². The number of rotatable bonds is 5. The second-order valence-electron chi connectivity index (χ2n) is 5.82. The van der Waals surface area contributed by atoms with Gasteiger partial charge in [0.15, 0.2) is 0 Å². The molecule has 0 saturated carbocycles. The number of hydrogen-bond donors (Lipinski definition) is 2. The first-order chi connectivity index (χ1) is 13.7. The fraction of sp³-hybridized carbons (Fsp3) is 0.0556. The molecule has 2 aromatic rings. The van der Waals surface area contributed by atoms with Crippen molar-refractivity contribution in [1.82, 2.24) is 10.6 Å². The zero-order chi connectivity index (χ0) is 21.1. The molecule has 4 amide bonds. The molecule has 9 nitrogen and oxygen atoms in total. The highest BCUT2D eigenvalue weighted by Gasteiger charge is 2.27. The molecule has 2 aromatic carbocycles. The molecule has 1 aliphatic heterocycles. The summed E-state index contributed by atoms with van der Waals surface area (Å²) < 4.78 is 7.27. The molecule has 0 bridgehead atoms. The Labute approximate surface area is 191 Å². The fourth-order valence-corrected chi connectivity index (χ4v) is 4.62. The minimum Gasteiger partial charge on any atom is -0.487 e. The summed E-state index contributed by atoms with van der Waals surface area (Å²) in [5, 5.41) is 14.9. The van der Waals surface area contributed by atoms with Gasteiger partial charge in [0.05, 0.1) is 12.1 Å². The largest absolute Gasteiger partial charge is 0.487 e. The van der Waals surface area contributed by atoms with Crippen LogP contribution in [0.15, 0.2) is 42.0 Å². The number of nitro benzene ring substituents is 1. The number of urea groups is 1. The number of halogens is 2. The number of non-ortho nitro benzene ring substituents is 1. The van der Waals surface area contributed by atoms with Crippen LogP contribution in [0, 0.1) is 17.3 Å². The normalized spacial score (nSPS) is 13.6. The molecule has 1 saturated heterocycles. The number of nitro groups is 1. The summed E-state index contributed by atoms with van der Waals surface area (Å²) in [7, 11) is 0. The maximum Gasteiger partial charge on any atom is 0.328 e. The average Bonchev–Trinajstić information content (AvgIpc) is 2.64. The van der Waals surface area contributed by atoms with Crippen LogP contribution in [0.4, 0.5) is 10.5 Å². The molecule has 0 aromatic heterocycles. The molecule has 0 unspecified atom stereocenters. The van der Waals surface area contributed by atoms with Gasteiger partial charge in [0.1, 0.15) is 17.9 Å². The molecule has 0 spiro atoms. The van der Waals surface area contributed by atoms with E-state index >= 15 is 0 Å². The van der Waals surface area contributed by atoms with Crippen LogP contribution in [0.25, 0.3) is 6.08 Å². The minimum atomic E-state index is -0.855. The molecule has 148 valence electrons. The fourth-order valence-electron chi connectivity index (χ4n) is 2.49. The van der Waals surface area contributed by atoms with Crippen molar-refractivity contribution in [1.29, 1.82) is 0 Å². The highest BCUT2D eigenvalue weighted by molar-refractivity contribution is 14.1. The van der Waals surface area contributed by atoms with Crippen LogP contribution in [-0.4, -0.2) is 22.8 Å². The van der Waals surface area contributed by atoms with E-state index in [1.807, 2.05) is 10.6 Å². The van der Waals surface area contributed by atoms with E-state index in [1.165, 1.54) is 18.2 Å². The number of nitrogens with one attached hydrogen (secondary N) is 2. The van der Waals surface area contributed by atoms with Crippen LogP contribution in [0.5, 0.6) is 5.75 Å². The Bertz CT molecular complexity index is 1040. The standard InChI is InChI=1S/C18H11I2N3O6/c19-13-6-10(5-12-16(24)21-18(26)22-17(12)25)7-14(20)15(13)29-8-9-2-1-3-11(4-9)23(27)28/h1-7H,8H2,(H2,21,22,24,25,26). The molecule has 29 heavy (non-hydrogen) atoms. The van der Waals surface area contributed by atoms with Crippen molar-refractivity contribution in [3.63, 3.8) is 0 Å². The lowest BCUT2D eigenvalue weighted by Gasteiger charge is -2.15. The Kier molecular flexibility index (Phi) is 6.46. The summed E-state index contributed by atoms with van der Waals surface area (Å²) in [5.41, 5.74) is 1.04. The van der Waals surface area contributed by atoms with E-state index in [0.717, 1.165) is 7.14 Å². The second kappa shape index (κ2) is 8.86. The van der Waals surface area contributed by atoms with Crippen LogP contribution >= 0.6 is 45.2 Å². The van der Waals surface area contributed by atoms with Crippen molar-refractivity contribution in [3.05, 3.63) is 70.4 Å². The van der Waals surface area contributed by atoms with E-state index in [1.54, 1.807) is 24.3 Å². The van der Waals surface area contributed by atoms with Gasteiger partial charge in [0, 0.05) is 12.1 Å².